The van der Waals surface area contributed by atoms with E-state index in [4.69, 9.17) is 0 Å². The largest absolute Gasteiger partial charge is 0.369 e. The maximum Gasteiger partial charge on any atom is 0.291 e. The molecule has 1 N–H and O–H groups in total. The van der Waals surface area contributed by atoms with Crippen LogP contribution < -0.4 is 10.9 Å². The lowest BCUT2D eigenvalue weighted by Gasteiger charge is -2.24. The highest BCUT2D eigenvalue weighted by Gasteiger charge is 2.28. The van der Waals surface area contributed by atoms with Gasteiger partial charge < -0.3 is 10.2 Å². The van der Waals surface area contributed by atoms with Crippen molar-refractivity contribution < 1.29 is 4.79 Å². The normalized spacial score (nSPS) is 16.8. The summed E-state index contributed by atoms with van der Waals surface area (Å²) in [7, 11) is 0. The Morgan fingerprint density at radius 1 is 1.39 bits per heavy atom. The number of thiophene rings is 1. The number of allylic oxidation sites excluding steroid dienone is 2. The van der Waals surface area contributed by atoms with Crippen molar-refractivity contribution >= 4 is 33.0 Å². The van der Waals surface area contributed by atoms with Gasteiger partial charge in [0, 0.05) is 23.5 Å². The highest BCUT2D eigenvalue weighted by molar-refractivity contribution is 7.16. The molecule has 4 heterocycles. The van der Waals surface area contributed by atoms with E-state index >= 15 is 0 Å². The lowest BCUT2D eigenvalue weighted by molar-refractivity contribution is -0.121. The molecule has 5 rings (SSSR count). The maximum atomic E-state index is 12.9. The fourth-order valence-corrected chi connectivity index (χ4v) is 4.62. The molecule has 1 saturated carbocycles. The molecule has 7 nitrogen and oxygen atoms in total. The summed E-state index contributed by atoms with van der Waals surface area (Å²) in [4.78, 5) is 28.8. The van der Waals surface area contributed by atoms with E-state index in [0.29, 0.717) is 24.5 Å². The number of nitrogens with zero attached hydrogens (tertiary/aromatic N) is 4. The van der Waals surface area contributed by atoms with E-state index in [1.54, 1.807) is 11.3 Å². The van der Waals surface area contributed by atoms with Gasteiger partial charge in [-0.25, -0.2) is 4.68 Å². The Kier molecular flexibility index (Phi) is 4.08. The highest BCUT2D eigenvalue weighted by Crippen LogP contribution is 2.28. The summed E-state index contributed by atoms with van der Waals surface area (Å²) in [5.41, 5.74) is 1.18. The van der Waals surface area contributed by atoms with Crippen molar-refractivity contribution in [3.8, 4) is 0 Å². The molecule has 0 bridgehead atoms. The smallest absolute Gasteiger partial charge is 0.291 e. The van der Waals surface area contributed by atoms with Crippen LogP contribution in [-0.4, -0.2) is 37.6 Å². The first-order valence-electron chi connectivity index (χ1n) is 9.55. The molecule has 0 radical (unpaired) electrons. The third kappa shape index (κ3) is 2.93. The van der Waals surface area contributed by atoms with Crippen LogP contribution in [0.2, 0.25) is 0 Å². The van der Waals surface area contributed by atoms with E-state index in [9.17, 15) is 9.59 Å². The first kappa shape index (κ1) is 17.2. The average Bonchev–Trinajstić information content (AvgIpc) is 3.33. The summed E-state index contributed by atoms with van der Waals surface area (Å²) in [6, 6.07) is 4.47. The number of fused-ring (bicyclic) bond motifs is 3. The number of carbonyl (C=O) groups is 1. The predicted molar refractivity (Wildman–Crippen MR) is 109 cm³/mol. The minimum Gasteiger partial charge on any atom is -0.369 e. The molecule has 1 aliphatic carbocycles. The SMILES string of the molecule is CCc1nn(CC(=O)NC2=CC=CN(C3CC3)C2)c(=O)c2cc3ccsc3n12. The Labute approximate surface area is 165 Å². The van der Waals surface area contributed by atoms with Crippen molar-refractivity contribution in [3.63, 3.8) is 0 Å². The molecule has 1 aliphatic heterocycles. The molecule has 1 fully saturated rings. The summed E-state index contributed by atoms with van der Waals surface area (Å²) in [5, 5.41) is 10.4. The first-order chi connectivity index (χ1) is 13.6. The molecule has 3 aromatic rings. The van der Waals surface area contributed by atoms with Crippen LogP contribution in [0.25, 0.3) is 15.7 Å². The van der Waals surface area contributed by atoms with E-state index < -0.39 is 0 Å². The summed E-state index contributed by atoms with van der Waals surface area (Å²) in [6.45, 7) is 2.61. The Bertz CT molecular complexity index is 1190. The van der Waals surface area contributed by atoms with Crippen LogP contribution in [0.1, 0.15) is 25.6 Å². The number of aryl methyl sites for hydroxylation is 1. The van der Waals surface area contributed by atoms with Gasteiger partial charge >= 0.3 is 0 Å². The fourth-order valence-electron chi connectivity index (χ4n) is 3.70. The van der Waals surface area contributed by atoms with Gasteiger partial charge in [0.05, 0.1) is 6.54 Å². The number of hydrogen-bond donors (Lipinski definition) is 1. The Hall–Kier alpha value is -2.87. The van der Waals surface area contributed by atoms with E-state index in [-0.39, 0.29) is 18.0 Å². The third-order valence-corrected chi connectivity index (χ3v) is 6.13. The molecule has 0 aromatic carbocycles. The summed E-state index contributed by atoms with van der Waals surface area (Å²) < 4.78 is 3.20. The zero-order valence-corrected chi connectivity index (χ0v) is 16.4. The van der Waals surface area contributed by atoms with E-state index in [2.05, 4.69) is 21.5 Å². The topological polar surface area (TPSA) is 71.6 Å². The lowest BCUT2D eigenvalue weighted by Crippen LogP contribution is -2.38. The maximum absolute atomic E-state index is 12.9. The molecule has 0 saturated heterocycles. The zero-order valence-electron chi connectivity index (χ0n) is 15.6. The van der Waals surface area contributed by atoms with Crippen LogP contribution in [0.3, 0.4) is 0 Å². The number of hydrogen-bond acceptors (Lipinski definition) is 5. The quantitative estimate of drug-likeness (QED) is 0.719. The molecule has 0 unspecified atom stereocenters. The van der Waals surface area contributed by atoms with Gasteiger partial charge in [0.1, 0.15) is 22.7 Å². The molecule has 3 aromatic heterocycles. The minimum atomic E-state index is -0.243. The van der Waals surface area contributed by atoms with Gasteiger partial charge in [-0.05, 0) is 48.7 Å². The molecule has 0 atom stereocenters. The second-order valence-electron chi connectivity index (χ2n) is 7.26. The van der Waals surface area contributed by atoms with Gasteiger partial charge in [-0.3, -0.25) is 14.0 Å². The average molecular weight is 395 g/mol. The highest BCUT2D eigenvalue weighted by atomic mass is 32.1. The second-order valence-corrected chi connectivity index (χ2v) is 8.16. The molecule has 8 heteroatoms. The third-order valence-electron chi connectivity index (χ3n) is 5.21. The molecule has 0 spiro atoms. The summed E-state index contributed by atoms with van der Waals surface area (Å²) in [6.07, 6.45) is 9.02. The standard InChI is InChI=1S/C20H21N5O2S/c1-2-17-22-24(19(27)16-10-13-7-9-28-20(13)25(16)17)12-18(26)21-14-4-3-8-23(11-14)15-5-6-15/h3-4,7-10,15H,2,5-6,11-12H2,1H3,(H,21,26). The molecular formula is C20H21N5O2S. The van der Waals surface area contributed by atoms with E-state index in [1.165, 1.54) is 17.5 Å². The van der Waals surface area contributed by atoms with Gasteiger partial charge in [0.2, 0.25) is 5.91 Å². The van der Waals surface area contributed by atoms with Gasteiger partial charge in [0.15, 0.2) is 0 Å². The Morgan fingerprint density at radius 2 is 2.25 bits per heavy atom. The Morgan fingerprint density at radius 3 is 3.04 bits per heavy atom. The lowest BCUT2D eigenvalue weighted by atomic mass is 10.2. The number of amides is 1. The molecule has 144 valence electrons. The number of rotatable bonds is 5. The van der Waals surface area contributed by atoms with Crippen molar-refractivity contribution in [1.29, 1.82) is 0 Å². The molecule has 2 aliphatic rings. The summed E-state index contributed by atoms with van der Waals surface area (Å²) >= 11 is 1.59. The molecule has 28 heavy (non-hydrogen) atoms. The van der Waals surface area contributed by atoms with Gasteiger partial charge in [-0.1, -0.05) is 6.92 Å². The monoisotopic (exact) mass is 395 g/mol. The van der Waals surface area contributed by atoms with Crippen molar-refractivity contribution in [1.82, 2.24) is 24.4 Å². The van der Waals surface area contributed by atoms with Crippen LogP contribution in [-0.2, 0) is 17.8 Å². The van der Waals surface area contributed by atoms with E-state index in [0.717, 1.165) is 21.7 Å². The van der Waals surface area contributed by atoms with Crippen molar-refractivity contribution in [2.24, 2.45) is 0 Å². The van der Waals surface area contributed by atoms with Gasteiger partial charge in [-0.15, -0.1) is 11.3 Å². The second kappa shape index (κ2) is 6.63. The van der Waals surface area contributed by atoms with Crippen molar-refractivity contribution in [2.45, 2.75) is 38.8 Å². The van der Waals surface area contributed by atoms with Gasteiger partial charge in [-0.2, -0.15) is 5.10 Å². The van der Waals surface area contributed by atoms with Crippen molar-refractivity contribution in [3.05, 3.63) is 57.7 Å². The number of carbonyl (C=O) groups excluding carboxylic acids is 1. The van der Waals surface area contributed by atoms with Crippen molar-refractivity contribution in [2.75, 3.05) is 6.54 Å². The molecular weight excluding hydrogens is 374 g/mol. The summed E-state index contributed by atoms with van der Waals surface area (Å²) in [5.74, 6) is 0.547. The number of nitrogens with one attached hydrogen (secondary N) is 1. The fraction of sp³-hybridized carbons (Fsp3) is 0.350. The predicted octanol–water partition coefficient (Wildman–Crippen LogP) is 2.26. The van der Waals surface area contributed by atoms with Crippen LogP contribution in [0.15, 0.2) is 46.4 Å². The van der Waals surface area contributed by atoms with Crippen LogP contribution in [0, 0.1) is 0 Å². The Balaban J connectivity index is 1.41. The zero-order chi connectivity index (χ0) is 19.3. The first-order valence-corrected chi connectivity index (χ1v) is 10.4. The van der Waals surface area contributed by atoms with Crippen LogP contribution in [0.4, 0.5) is 0 Å². The van der Waals surface area contributed by atoms with E-state index in [1.807, 2.05) is 41.0 Å². The number of aromatic nitrogens is 3. The minimum absolute atomic E-state index is 0.0916. The van der Waals surface area contributed by atoms with Gasteiger partial charge in [0.25, 0.3) is 5.56 Å². The van der Waals surface area contributed by atoms with Crippen LogP contribution in [0.5, 0.6) is 0 Å². The van der Waals surface area contributed by atoms with Crippen LogP contribution >= 0.6 is 11.3 Å². The molecule has 1 amide bonds.